The molecule has 0 saturated heterocycles. The van der Waals surface area contributed by atoms with Gasteiger partial charge in [-0.15, -0.1) is 0 Å². The molecule has 3 aromatic rings. The van der Waals surface area contributed by atoms with Gasteiger partial charge in [0.2, 0.25) is 29.9 Å². The second-order valence-electron chi connectivity index (χ2n) is 14.8. The highest BCUT2D eigenvalue weighted by atomic mass is 19.4. The average molecular weight is 875 g/mol. The van der Waals surface area contributed by atoms with Gasteiger partial charge in [0.05, 0.1) is 31.6 Å². The molecule has 3 heterocycles. The van der Waals surface area contributed by atoms with Crippen molar-refractivity contribution in [2.24, 2.45) is 5.92 Å². The number of H-pyrrole nitrogens is 1. The van der Waals surface area contributed by atoms with Gasteiger partial charge in [0.25, 0.3) is 23.3 Å². The van der Waals surface area contributed by atoms with Crippen molar-refractivity contribution in [2.75, 3.05) is 43.1 Å². The molecule has 0 aliphatic carbocycles. The van der Waals surface area contributed by atoms with Crippen LogP contribution in [0.5, 0.6) is 0 Å². The van der Waals surface area contributed by atoms with E-state index in [-0.39, 0.29) is 98.0 Å². The third-order valence-electron chi connectivity index (χ3n) is 9.01. The van der Waals surface area contributed by atoms with Gasteiger partial charge in [-0.2, -0.15) is 18.2 Å². The standard InChI is InChI=1S/C39H49F3N10O10/c1-22(2)33(57)49-37-48-32-31(35(59)50-37)47-25(20-45-32)21-52(36(60)39(40,41)42)26-9-7-24(8-10-26)34(58)46-23(3)6-11-27(53)43-15-18-61-38(4,5)62-19-16-44-28(54)14-17-51-29(55)12-13-30(51)56/h7-10,12-13,20,22-23,36,60H,6,11,14-19,21H2,1-5H3,(H,43,53)(H,44,54)(H,46,58)(H2,45,48,49,50,57,59)/t23-,36?/m1/s1. The van der Waals surface area contributed by atoms with Crippen molar-refractivity contribution in [3.63, 3.8) is 0 Å². The third kappa shape index (κ3) is 14.4. The number of carbonyl (C=O) groups excluding carboxylic acids is 6. The number of rotatable bonds is 22. The number of benzene rings is 1. The second-order valence-corrected chi connectivity index (χ2v) is 14.8. The van der Waals surface area contributed by atoms with Crippen molar-refractivity contribution in [2.45, 2.75) is 84.7 Å². The lowest BCUT2D eigenvalue weighted by Gasteiger charge is -2.31. The molecule has 4 rings (SSSR count). The van der Waals surface area contributed by atoms with Crippen molar-refractivity contribution in [1.29, 1.82) is 0 Å². The molecule has 2 atom stereocenters. The maximum absolute atomic E-state index is 13.8. The van der Waals surface area contributed by atoms with Crippen molar-refractivity contribution >= 4 is 58.2 Å². The number of fused-ring (bicyclic) bond motifs is 1. The Balaban J connectivity index is 1.20. The molecule has 1 unspecified atom stereocenters. The number of amides is 6. The minimum atomic E-state index is -5.10. The van der Waals surface area contributed by atoms with E-state index in [4.69, 9.17) is 9.47 Å². The van der Waals surface area contributed by atoms with E-state index in [1.165, 1.54) is 24.3 Å². The van der Waals surface area contributed by atoms with E-state index in [1.54, 1.807) is 34.6 Å². The first-order valence-electron chi connectivity index (χ1n) is 19.5. The first kappa shape index (κ1) is 48.3. The van der Waals surface area contributed by atoms with E-state index in [0.717, 1.165) is 23.2 Å². The molecule has 1 aliphatic rings. The van der Waals surface area contributed by atoms with Gasteiger partial charge in [0, 0.05) is 67.8 Å². The molecule has 62 heavy (non-hydrogen) atoms. The molecule has 6 N–H and O–H groups in total. The van der Waals surface area contributed by atoms with Crippen LogP contribution < -0.4 is 31.7 Å². The predicted molar refractivity (Wildman–Crippen MR) is 215 cm³/mol. The van der Waals surface area contributed by atoms with Crippen LogP contribution in [0.2, 0.25) is 0 Å². The van der Waals surface area contributed by atoms with Gasteiger partial charge in [-0.1, -0.05) is 13.8 Å². The van der Waals surface area contributed by atoms with Crippen molar-refractivity contribution in [3.05, 3.63) is 64.2 Å². The van der Waals surface area contributed by atoms with Crippen molar-refractivity contribution in [1.82, 2.24) is 40.8 Å². The van der Waals surface area contributed by atoms with Gasteiger partial charge in [0.15, 0.2) is 17.0 Å². The fraction of sp³-hybridized carbons (Fsp3) is 0.487. The van der Waals surface area contributed by atoms with Gasteiger partial charge >= 0.3 is 6.18 Å². The number of carbonyl (C=O) groups is 6. The molecule has 0 saturated carbocycles. The summed E-state index contributed by atoms with van der Waals surface area (Å²) in [5.74, 6) is -4.24. The number of aromatic amines is 1. The number of aromatic nitrogens is 4. The highest BCUT2D eigenvalue weighted by Gasteiger charge is 2.43. The molecular formula is C39H49F3N10O10. The van der Waals surface area contributed by atoms with E-state index >= 15 is 0 Å². The SMILES string of the molecule is CC(C)C(=O)Nc1nc2ncc(CN(c3ccc(C(=O)N[C@H](C)CCC(=O)NCCOC(C)(C)OCCNC(=O)CCN4C(=O)C=CC4=O)cc3)C(O)C(F)(F)F)nc2c(=O)[nH]1. The van der Waals surface area contributed by atoms with Gasteiger partial charge in [0.1, 0.15) is 0 Å². The summed E-state index contributed by atoms with van der Waals surface area (Å²) < 4.78 is 52.7. The summed E-state index contributed by atoms with van der Waals surface area (Å²) in [7, 11) is 0. The summed E-state index contributed by atoms with van der Waals surface area (Å²) >= 11 is 0. The number of halogens is 3. The summed E-state index contributed by atoms with van der Waals surface area (Å²) in [5.41, 5.74) is -1.47. The van der Waals surface area contributed by atoms with Crippen LogP contribution in [0.4, 0.5) is 24.8 Å². The van der Waals surface area contributed by atoms with E-state index in [9.17, 15) is 51.8 Å². The largest absolute Gasteiger partial charge is 0.433 e. The van der Waals surface area contributed by atoms with Crippen LogP contribution in [0.1, 0.15) is 69.9 Å². The van der Waals surface area contributed by atoms with E-state index in [2.05, 4.69) is 41.2 Å². The van der Waals surface area contributed by atoms with Gasteiger partial charge in [-0.25, -0.2) is 9.97 Å². The minimum Gasteiger partial charge on any atom is -0.366 e. The zero-order valence-electron chi connectivity index (χ0n) is 34.6. The zero-order chi connectivity index (χ0) is 45.8. The van der Waals surface area contributed by atoms with Crippen LogP contribution in [0, 0.1) is 5.92 Å². The summed E-state index contributed by atoms with van der Waals surface area (Å²) in [6.45, 7) is 8.08. The van der Waals surface area contributed by atoms with Crippen molar-refractivity contribution in [3.8, 4) is 0 Å². The van der Waals surface area contributed by atoms with Crippen LogP contribution in [0.3, 0.4) is 0 Å². The Kier molecular flexibility index (Phi) is 16.7. The number of aliphatic hydroxyl groups excluding tert-OH is 1. The highest BCUT2D eigenvalue weighted by Crippen LogP contribution is 2.29. The van der Waals surface area contributed by atoms with E-state index in [0.29, 0.717) is 4.90 Å². The highest BCUT2D eigenvalue weighted by molar-refractivity contribution is 6.13. The van der Waals surface area contributed by atoms with Crippen molar-refractivity contribution < 1.29 is 56.5 Å². The Bertz CT molecular complexity index is 2180. The molecule has 0 fully saturated rings. The average Bonchev–Trinajstić information content (AvgIpc) is 3.53. The lowest BCUT2D eigenvalue weighted by atomic mass is 10.1. The van der Waals surface area contributed by atoms with E-state index < -0.39 is 65.9 Å². The van der Waals surface area contributed by atoms with E-state index in [1.807, 2.05) is 0 Å². The molecule has 20 nitrogen and oxygen atoms in total. The number of alkyl halides is 3. The number of imide groups is 1. The number of aliphatic hydroxyl groups is 1. The Labute approximate surface area is 353 Å². The molecule has 1 aromatic carbocycles. The van der Waals surface area contributed by atoms with Gasteiger partial charge in [-0.3, -0.25) is 48.8 Å². The normalized spacial score (nSPS) is 13.9. The molecule has 0 radical (unpaired) electrons. The zero-order valence-corrected chi connectivity index (χ0v) is 34.6. The van der Waals surface area contributed by atoms with Gasteiger partial charge in [-0.05, 0) is 51.5 Å². The fourth-order valence-corrected chi connectivity index (χ4v) is 5.61. The summed E-state index contributed by atoms with van der Waals surface area (Å²) in [5, 5.41) is 20.8. The third-order valence-corrected chi connectivity index (χ3v) is 9.01. The number of hydrogen-bond donors (Lipinski definition) is 6. The predicted octanol–water partition coefficient (Wildman–Crippen LogP) is 1.41. The Morgan fingerprint density at radius 3 is 2.08 bits per heavy atom. The Morgan fingerprint density at radius 2 is 1.50 bits per heavy atom. The number of anilines is 2. The smallest absolute Gasteiger partial charge is 0.366 e. The van der Waals surface area contributed by atoms with Crippen LogP contribution in [0.15, 0.2) is 47.4 Å². The van der Waals surface area contributed by atoms with Gasteiger partial charge < -0.3 is 35.4 Å². The molecule has 2 aromatic heterocycles. The maximum atomic E-state index is 13.8. The van der Waals surface area contributed by atoms with Crippen LogP contribution in [-0.2, 0) is 40.0 Å². The lowest BCUT2D eigenvalue weighted by Crippen LogP contribution is -2.45. The molecule has 1 aliphatic heterocycles. The summed E-state index contributed by atoms with van der Waals surface area (Å²) in [4.78, 5) is 101. The van der Waals surface area contributed by atoms with Crippen LogP contribution in [0.25, 0.3) is 11.2 Å². The minimum absolute atomic E-state index is 0.0315. The number of nitrogens with one attached hydrogen (secondary N) is 5. The van der Waals surface area contributed by atoms with Crippen LogP contribution in [-0.4, -0.2) is 122 Å². The molecule has 0 spiro atoms. The fourth-order valence-electron chi connectivity index (χ4n) is 5.61. The first-order valence-corrected chi connectivity index (χ1v) is 19.5. The summed E-state index contributed by atoms with van der Waals surface area (Å²) in [6.07, 6.45) is -4.49. The number of hydrogen-bond acceptors (Lipinski definition) is 14. The molecule has 23 heteroatoms. The lowest BCUT2D eigenvalue weighted by molar-refractivity contribution is -0.211. The monoisotopic (exact) mass is 874 g/mol. The summed E-state index contributed by atoms with van der Waals surface area (Å²) in [6, 6.07) is 4.45. The Morgan fingerprint density at radius 1 is 0.903 bits per heavy atom. The maximum Gasteiger partial charge on any atom is 0.433 e. The molecule has 0 bridgehead atoms. The first-order chi connectivity index (χ1) is 29.1. The quantitative estimate of drug-likeness (QED) is 0.0474. The molecular weight excluding hydrogens is 825 g/mol. The topological polar surface area (TPSA) is 267 Å². The number of nitrogens with zero attached hydrogens (tertiary/aromatic N) is 5. The van der Waals surface area contributed by atoms with Crippen LogP contribution >= 0.6 is 0 Å². The molecule has 6 amide bonds. The Hall–Kier alpha value is -6.33. The number of ether oxygens (including phenoxy) is 2. The second kappa shape index (κ2) is 21.5. The molecule has 336 valence electrons.